The van der Waals surface area contributed by atoms with Gasteiger partial charge in [-0.25, -0.2) is 9.97 Å². The molecule has 11 rings (SSSR count). The van der Waals surface area contributed by atoms with Gasteiger partial charge >= 0.3 is 5.97 Å². The van der Waals surface area contributed by atoms with E-state index in [1.54, 1.807) is 46.2 Å². The number of nitrogens with zero attached hydrogens (tertiary/aromatic N) is 5. The number of hydrogen-bond donors (Lipinski definition) is 6. The van der Waals surface area contributed by atoms with Crippen LogP contribution in [-0.4, -0.2) is 105 Å². The summed E-state index contributed by atoms with van der Waals surface area (Å²) in [7, 11) is 0. The van der Waals surface area contributed by atoms with Crippen LogP contribution in [0.25, 0.3) is 79.1 Å². The van der Waals surface area contributed by atoms with Crippen molar-refractivity contribution in [3.05, 3.63) is 242 Å². The normalized spacial score (nSPS) is 10.8. The number of hydrogen-bond acceptors (Lipinski definition) is 14. The minimum Gasteiger partial charge on any atom is -0.493 e. The number of ether oxygens (including phenoxy) is 3. The zero-order chi connectivity index (χ0) is 71.7. The number of imidazole rings is 2. The van der Waals surface area contributed by atoms with Crippen LogP contribution >= 0.6 is 15.9 Å². The molecular formula is C79H80BrN9O10. The Hall–Kier alpha value is -11.5. The largest absolute Gasteiger partial charge is 0.493 e. The Morgan fingerprint density at radius 3 is 1.03 bits per heavy atom. The Kier molecular flexibility index (Phi) is 26.8. The topological polar surface area (TPSA) is 299 Å². The van der Waals surface area contributed by atoms with Crippen molar-refractivity contribution in [3.8, 4) is 96.3 Å². The predicted molar refractivity (Wildman–Crippen MR) is 391 cm³/mol. The Bertz CT molecular complexity index is 4220. The SMILES string of the molecule is CC(=O)C(C)(C)COc1ccc(-c2ccc(-c3ncc(-c4ccccc4)[nH]3)cn2)cc1.CC(=O)C(C)(C)COc1ccc(-c2ccc(C(=N)N)cn2)cc1.CC(=O)O.CC(C)(COc1ccc(-c2ccc(-c3ncc(-c4ccccc4)[nH]3)cn2)cc1)C(=O)O.O=C(CBr)c1ccccc1. The van der Waals surface area contributed by atoms with Gasteiger partial charge < -0.3 is 40.1 Å². The number of aliphatic carboxylic acids is 2. The summed E-state index contributed by atoms with van der Waals surface area (Å²) in [5.41, 5.74) is 16.2. The number of aromatic nitrogens is 7. The molecule has 7 N–H and O–H groups in total. The molecule has 0 unspecified atom stereocenters. The first-order valence-electron chi connectivity index (χ1n) is 31.4. The van der Waals surface area contributed by atoms with E-state index in [-0.39, 0.29) is 29.8 Å². The van der Waals surface area contributed by atoms with Gasteiger partial charge in [0.1, 0.15) is 66.1 Å². The monoisotopic (exact) mass is 1390 g/mol. The van der Waals surface area contributed by atoms with Crippen LogP contribution in [0.4, 0.5) is 0 Å². The van der Waals surface area contributed by atoms with E-state index in [2.05, 4.69) is 50.8 Å². The number of Topliss-reactive ketones (excluding diaryl/α,β-unsaturated/α-hetero) is 3. The fourth-order valence-corrected chi connectivity index (χ4v) is 8.84. The summed E-state index contributed by atoms with van der Waals surface area (Å²) >= 11 is 3.10. The van der Waals surface area contributed by atoms with Gasteiger partial charge in [-0.2, -0.15) is 0 Å². The number of nitrogens with one attached hydrogen (secondary N) is 3. The molecule has 0 aliphatic carbocycles. The first-order valence-corrected chi connectivity index (χ1v) is 32.6. The molecule has 0 bridgehead atoms. The molecule has 0 atom stereocenters. The van der Waals surface area contributed by atoms with Crippen molar-refractivity contribution in [1.82, 2.24) is 34.9 Å². The number of halogens is 1. The third kappa shape index (κ3) is 22.8. The van der Waals surface area contributed by atoms with E-state index >= 15 is 0 Å². The Morgan fingerprint density at radius 1 is 0.414 bits per heavy atom. The second kappa shape index (κ2) is 35.5. The van der Waals surface area contributed by atoms with Crippen LogP contribution < -0.4 is 19.9 Å². The summed E-state index contributed by atoms with van der Waals surface area (Å²) in [6, 6.07) is 63.6. The van der Waals surface area contributed by atoms with Gasteiger partial charge in [-0.05, 0) is 176 Å². The number of pyridine rings is 3. The summed E-state index contributed by atoms with van der Waals surface area (Å²) in [5, 5.41) is 24.4. The minimum atomic E-state index is -0.942. The van der Waals surface area contributed by atoms with Crippen LogP contribution in [0.15, 0.2) is 231 Å². The molecule has 0 amide bonds. The number of aromatic amines is 2. The number of carbonyl (C=O) groups excluding carboxylic acids is 3. The highest BCUT2D eigenvalue weighted by molar-refractivity contribution is 9.09. The molecule has 0 fully saturated rings. The highest BCUT2D eigenvalue weighted by Crippen LogP contribution is 2.30. The molecule has 6 aromatic carbocycles. The van der Waals surface area contributed by atoms with Crippen LogP contribution in [0.2, 0.25) is 0 Å². The molecule has 5 heterocycles. The molecule has 0 aliphatic heterocycles. The van der Waals surface area contributed by atoms with Gasteiger partial charge in [-0.3, -0.25) is 44.3 Å². The fraction of sp³-hybridized carbons (Fsp3) is 0.203. The van der Waals surface area contributed by atoms with E-state index in [1.807, 2.05) is 240 Å². The molecule has 20 heteroatoms. The Morgan fingerprint density at radius 2 is 0.737 bits per heavy atom. The molecule has 508 valence electrons. The maximum atomic E-state index is 11.6. The van der Waals surface area contributed by atoms with Crippen molar-refractivity contribution in [2.75, 3.05) is 25.2 Å². The summed E-state index contributed by atoms with van der Waals surface area (Å²) in [6.45, 7) is 15.8. The lowest BCUT2D eigenvalue weighted by Gasteiger charge is -2.21. The summed E-state index contributed by atoms with van der Waals surface area (Å²) in [5.74, 6) is 2.24. The van der Waals surface area contributed by atoms with Gasteiger partial charge in [0, 0.05) is 64.5 Å². The number of nitrogen functional groups attached to an aromatic ring is 1. The molecule has 0 spiro atoms. The zero-order valence-corrected chi connectivity index (χ0v) is 58.2. The quantitative estimate of drug-likeness (QED) is 0.0159. The number of ketones is 3. The number of rotatable bonds is 22. The minimum absolute atomic E-state index is 0.000818. The van der Waals surface area contributed by atoms with Crippen LogP contribution in [-0.2, 0) is 19.2 Å². The number of carbonyl (C=O) groups is 5. The second-order valence-electron chi connectivity index (χ2n) is 24.7. The van der Waals surface area contributed by atoms with Crippen molar-refractivity contribution in [2.45, 2.75) is 62.3 Å². The van der Waals surface area contributed by atoms with Crippen molar-refractivity contribution in [2.24, 2.45) is 22.0 Å². The standard InChI is InChI=1S/C26H25N3O2.C25H23N3O3.C18H21N3O2.C8H7BrO.C2H4O2/c1-18(30)26(2,3)17-31-22-12-9-20(10-13-22)23-14-11-21(15-27-23)25-28-16-24(29-25)19-7-5-4-6-8-19;1-25(2,24(29)30)16-31-20-11-8-18(9-12-20)21-13-10-19(14-26-21)23-27-15-22(28-23)17-6-4-3-5-7-17;1-12(22)18(2,3)11-23-15-7-4-13(5-8-15)16-9-6-14(10-21-16)17(19)20;9-6-8(10)7-4-2-1-3-5-7;1-2(3)4/h4-16H,17H2,1-3H3,(H,28,29);3-15H,16H2,1-2H3,(H,27,28)(H,29,30);4-10H,11H2,1-3H3,(H3,19,20);1-5H,6H2;1H3,(H,3,4). The predicted octanol–water partition coefficient (Wildman–Crippen LogP) is 16.5. The molecule has 11 aromatic rings. The first kappa shape index (κ1) is 74.9. The maximum absolute atomic E-state index is 11.6. The van der Waals surface area contributed by atoms with E-state index in [0.29, 0.717) is 35.6 Å². The van der Waals surface area contributed by atoms with E-state index in [1.165, 1.54) is 0 Å². The van der Waals surface area contributed by atoms with Gasteiger partial charge in [0.2, 0.25) is 0 Å². The van der Waals surface area contributed by atoms with Crippen molar-refractivity contribution in [3.63, 3.8) is 0 Å². The lowest BCUT2D eigenvalue weighted by molar-refractivity contribution is -0.148. The lowest BCUT2D eigenvalue weighted by atomic mass is 9.90. The summed E-state index contributed by atoms with van der Waals surface area (Å²) in [6.07, 6.45) is 8.86. The second-order valence-corrected chi connectivity index (χ2v) is 25.2. The van der Waals surface area contributed by atoms with E-state index in [0.717, 1.165) is 97.3 Å². The van der Waals surface area contributed by atoms with Crippen LogP contribution in [0, 0.1) is 21.7 Å². The Labute approximate surface area is 584 Å². The van der Waals surface area contributed by atoms with Gasteiger partial charge in [-0.1, -0.05) is 107 Å². The number of H-pyrrole nitrogens is 2. The van der Waals surface area contributed by atoms with Crippen molar-refractivity contribution < 1.29 is 48.4 Å². The zero-order valence-electron chi connectivity index (χ0n) is 56.6. The maximum Gasteiger partial charge on any atom is 0.312 e. The number of carboxylic acid groups (broad SMARTS) is 2. The van der Waals surface area contributed by atoms with E-state index in [4.69, 9.17) is 35.3 Å². The molecule has 0 aliphatic rings. The first-order chi connectivity index (χ1) is 47.2. The summed E-state index contributed by atoms with van der Waals surface area (Å²) in [4.78, 5) is 83.4. The smallest absolute Gasteiger partial charge is 0.312 e. The van der Waals surface area contributed by atoms with Crippen LogP contribution in [0.3, 0.4) is 0 Å². The van der Waals surface area contributed by atoms with Gasteiger partial charge in [0.15, 0.2) is 5.78 Å². The molecule has 0 saturated heterocycles. The third-order valence-electron chi connectivity index (χ3n) is 15.4. The lowest BCUT2D eigenvalue weighted by Crippen LogP contribution is -2.30. The highest BCUT2D eigenvalue weighted by atomic mass is 79.9. The van der Waals surface area contributed by atoms with E-state index in [9.17, 15) is 24.3 Å². The van der Waals surface area contributed by atoms with Crippen molar-refractivity contribution >= 4 is 51.1 Å². The molecule has 99 heavy (non-hydrogen) atoms. The van der Waals surface area contributed by atoms with Gasteiger partial charge in [0.25, 0.3) is 5.97 Å². The molecular weight excluding hydrogens is 1310 g/mol. The summed E-state index contributed by atoms with van der Waals surface area (Å²) < 4.78 is 17.1. The average Bonchev–Trinajstić information content (AvgIpc) is 1.66. The highest BCUT2D eigenvalue weighted by Gasteiger charge is 2.29. The number of alkyl halides is 1. The number of benzene rings is 6. The van der Waals surface area contributed by atoms with Crippen molar-refractivity contribution in [1.29, 1.82) is 5.41 Å². The molecule has 5 aromatic heterocycles. The fourth-order valence-electron chi connectivity index (χ4n) is 8.52. The van der Waals surface area contributed by atoms with E-state index < -0.39 is 28.2 Å². The Balaban J connectivity index is 0.000000192. The number of nitrogens with two attached hydrogens (primary N) is 1. The molecule has 0 radical (unpaired) electrons. The molecule has 0 saturated carbocycles. The van der Waals surface area contributed by atoms with Crippen LogP contribution in [0.1, 0.15) is 78.2 Å². The number of amidine groups is 1. The number of carboxylic acids is 2. The third-order valence-corrected chi connectivity index (χ3v) is 15.9. The van der Waals surface area contributed by atoms with Crippen LogP contribution in [0.5, 0.6) is 17.2 Å². The molecule has 19 nitrogen and oxygen atoms in total. The van der Waals surface area contributed by atoms with Gasteiger partial charge in [-0.15, -0.1) is 0 Å². The average molecular weight is 1400 g/mol. The van der Waals surface area contributed by atoms with Gasteiger partial charge in [0.05, 0.1) is 62.4 Å².